The molecule has 1 aromatic rings. The Morgan fingerprint density at radius 1 is 1.33 bits per heavy atom. The molecule has 1 heterocycles. The topological polar surface area (TPSA) is 99.5 Å². The molecule has 0 spiro atoms. The number of hydrogen-bond donors (Lipinski definition) is 4. The van der Waals surface area contributed by atoms with Crippen LogP contribution in [0, 0.1) is 0 Å². The minimum Gasteiger partial charge on any atom is -0.394 e. The number of anilines is 2. The van der Waals surface area contributed by atoms with Crippen molar-refractivity contribution in [1.82, 2.24) is 9.97 Å². The van der Waals surface area contributed by atoms with Crippen molar-refractivity contribution in [1.29, 1.82) is 0 Å². The number of nitrogens with one attached hydrogen (secondary N) is 2. The van der Waals surface area contributed by atoms with Crippen LogP contribution in [0.3, 0.4) is 0 Å². The van der Waals surface area contributed by atoms with E-state index in [9.17, 15) is 5.11 Å². The highest BCUT2D eigenvalue weighted by Crippen LogP contribution is 2.11. The maximum absolute atomic E-state index is 9.27. The molecule has 0 amide bonds. The van der Waals surface area contributed by atoms with E-state index in [1.807, 2.05) is 6.92 Å². The quantitative estimate of drug-likeness (QED) is 0.512. The lowest BCUT2D eigenvalue weighted by molar-refractivity contribution is 0.105. The SMILES string of the molecule is CCNc1cc(NCC(O)CO)nc(COC)n1. The Hall–Kier alpha value is -1.44. The summed E-state index contributed by atoms with van der Waals surface area (Å²) in [7, 11) is 1.58. The molecular formula is C11H20N4O3. The predicted octanol–water partition coefficient (Wildman–Crippen LogP) is -0.180. The first-order chi connectivity index (χ1) is 8.69. The summed E-state index contributed by atoms with van der Waals surface area (Å²) < 4.78 is 4.99. The summed E-state index contributed by atoms with van der Waals surface area (Å²) in [6, 6.07) is 1.74. The second kappa shape index (κ2) is 7.80. The Kier molecular flexibility index (Phi) is 6.34. The molecule has 7 heteroatoms. The van der Waals surface area contributed by atoms with Crippen molar-refractivity contribution in [3.63, 3.8) is 0 Å². The van der Waals surface area contributed by atoms with Crippen LogP contribution in [0.2, 0.25) is 0 Å². The lowest BCUT2D eigenvalue weighted by Crippen LogP contribution is -2.23. The van der Waals surface area contributed by atoms with E-state index in [0.29, 0.717) is 24.1 Å². The molecule has 1 rings (SSSR count). The molecule has 102 valence electrons. The number of nitrogens with zero attached hydrogens (tertiary/aromatic N) is 2. The van der Waals surface area contributed by atoms with Gasteiger partial charge in [0.1, 0.15) is 18.2 Å². The van der Waals surface area contributed by atoms with Gasteiger partial charge in [0.2, 0.25) is 0 Å². The van der Waals surface area contributed by atoms with E-state index in [1.54, 1.807) is 13.2 Å². The van der Waals surface area contributed by atoms with E-state index in [4.69, 9.17) is 9.84 Å². The molecule has 0 radical (unpaired) electrons. The van der Waals surface area contributed by atoms with Crippen LogP contribution in [0.25, 0.3) is 0 Å². The van der Waals surface area contributed by atoms with Gasteiger partial charge in [0.05, 0.1) is 12.7 Å². The van der Waals surface area contributed by atoms with Crippen LogP contribution in [0.5, 0.6) is 0 Å². The Balaban J connectivity index is 2.75. The number of aromatic nitrogens is 2. The van der Waals surface area contributed by atoms with Crippen molar-refractivity contribution in [3.8, 4) is 0 Å². The molecule has 18 heavy (non-hydrogen) atoms. The minimum atomic E-state index is -0.812. The van der Waals surface area contributed by atoms with Gasteiger partial charge in [-0.25, -0.2) is 9.97 Å². The van der Waals surface area contributed by atoms with Gasteiger partial charge < -0.3 is 25.6 Å². The second-order valence-electron chi connectivity index (χ2n) is 3.74. The Bertz CT molecular complexity index is 338. The summed E-state index contributed by atoms with van der Waals surface area (Å²) >= 11 is 0. The predicted molar refractivity (Wildman–Crippen MR) is 68.5 cm³/mol. The van der Waals surface area contributed by atoms with Crippen LogP contribution in [0.4, 0.5) is 11.6 Å². The first kappa shape index (κ1) is 14.6. The van der Waals surface area contributed by atoms with Gasteiger partial charge in [-0.1, -0.05) is 0 Å². The van der Waals surface area contributed by atoms with Gasteiger partial charge in [-0.05, 0) is 6.92 Å². The molecule has 0 aromatic carbocycles. The monoisotopic (exact) mass is 256 g/mol. The number of aliphatic hydroxyl groups is 2. The molecule has 1 atom stereocenters. The summed E-state index contributed by atoms with van der Waals surface area (Å²) in [6.45, 7) is 2.98. The molecular weight excluding hydrogens is 236 g/mol. The van der Waals surface area contributed by atoms with Crippen molar-refractivity contribution >= 4 is 11.6 Å². The maximum atomic E-state index is 9.27. The molecule has 0 bridgehead atoms. The maximum Gasteiger partial charge on any atom is 0.158 e. The van der Waals surface area contributed by atoms with E-state index in [0.717, 1.165) is 6.54 Å². The largest absolute Gasteiger partial charge is 0.394 e. The zero-order chi connectivity index (χ0) is 13.4. The number of hydrogen-bond acceptors (Lipinski definition) is 7. The molecule has 0 aliphatic heterocycles. The number of ether oxygens (including phenoxy) is 1. The molecule has 7 nitrogen and oxygen atoms in total. The zero-order valence-electron chi connectivity index (χ0n) is 10.7. The average molecular weight is 256 g/mol. The Morgan fingerprint density at radius 2 is 2.00 bits per heavy atom. The Morgan fingerprint density at radius 3 is 2.56 bits per heavy atom. The lowest BCUT2D eigenvalue weighted by atomic mass is 10.3. The third-order valence-electron chi connectivity index (χ3n) is 2.13. The fourth-order valence-electron chi connectivity index (χ4n) is 1.34. The highest BCUT2D eigenvalue weighted by Gasteiger charge is 2.06. The van der Waals surface area contributed by atoms with Crippen LogP contribution in [-0.4, -0.2) is 53.1 Å². The highest BCUT2D eigenvalue weighted by atomic mass is 16.5. The van der Waals surface area contributed by atoms with E-state index in [1.165, 1.54) is 0 Å². The third kappa shape index (κ3) is 4.82. The molecule has 0 aliphatic rings. The number of aliphatic hydroxyl groups excluding tert-OH is 2. The standard InChI is InChI=1S/C11H20N4O3/c1-3-12-9-4-10(13-5-8(17)6-16)15-11(14-9)7-18-2/h4,8,16-17H,3,5-7H2,1-2H3,(H2,12,13,14,15). The zero-order valence-corrected chi connectivity index (χ0v) is 10.7. The van der Waals surface area contributed by atoms with E-state index < -0.39 is 6.10 Å². The fourth-order valence-corrected chi connectivity index (χ4v) is 1.34. The fraction of sp³-hybridized carbons (Fsp3) is 0.636. The van der Waals surface area contributed by atoms with E-state index in [-0.39, 0.29) is 13.2 Å². The van der Waals surface area contributed by atoms with E-state index in [2.05, 4.69) is 20.6 Å². The number of methoxy groups -OCH3 is 1. The highest BCUT2D eigenvalue weighted by molar-refractivity contribution is 5.47. The first-order valence-electron chi connectivity index (χ1n) is 5.83. The van der Waals surface area contributed by atoms with Crippen molar-refractivity contribution < 1.29 is 14.9 Å². The van der Waals surface area contributed by atoms with E-state index >= 15 is 0 Å². The lowest BCUT2D eigenvalue weighted by Gasteiger charge is -2.12. The molecule has 0 fully saturated rings. The van der Waals surface area contributed by atoms with Gasteiger partial charge in [0.25, 0.3) is 0 Å². The third-order valence-corrected chi connectivity index (χ3v) is 2.13. The minimum absolute atomic E-state index is 0.228. The van der Waals surface area contributed by atoms with Crippen LogP contribution in [-0.2, 0) is 11.3 Å². The van der Waals surface area contributed by atoms with Crippen LogP contribution >= 0.6 is 0 Å². The average Bonchev–Trinajstić information content (AvgIpc) is 2.36. The van der Waals surface area contributed by atoms with Gasteiger partial charge in [0, 0.05) is 26.3 Å². The summed E-state index contributed by atoms with van der Waals surface area (Å²) in [5.74, 6) is 1.83. The van der Waals surface area contributed by atoms with Gasteiger partial charge >= 0.3 is 0 Å². The molecule has 0 saturated carbocycles. The van der Waals surface area contributed by atoms with Crippen molar-refractivity contribution in [2.24, 2.45) is 0 Å². The summed E-state index contributed by atoms with van der Waals surface area (Å²) in [5, 5.41) is 24.0. The van der Waals surface area contributed by atoms with Crippen molar-refractivity contribution in [2.45, 2.75) is 19.6 Å². The molecule has 0 saturated heterocycles. The van der Waals surface area contributed by atoms with Crippen molar-refractivity contribution in [2.75, 3.05) is 37.4 Å². The smallest absolute Gasteiger partial charge is 0.158 e. The van der Waals surface area contributed by atoms with Gasteiger partial charge in [0.15, 0.2) is 5.82 Å². The molecule has 1 aromatic heterocycles. The summed E-state index contributed by atoms with van der Waals surface area (Å²) in [4.78, 5) is 8.49. The van der Waals surface area contributed by atoms with Gasteiger partial charge in [-0.15, -0.1) is 0 Å². The van der Waals surface area contributed by atoms with Gasteiger partial charge in [-0.3, -0.25) is 0 Å². The van der Waals surface area contributed by atoms with Crippen LogP contribution in [0.15, 0.2) is 6.07 Å². The Labute approximate surface area is 106 Å². The summed E-state index contributed by atoms with van der Waals surface area (Å²) in [5.41, 5.74) is 0. The number of rotatable bonds is 8. The van der Waals surface area contributed by atoms with Gasteiger partial charge in [-0.2, -0.15) is 0 Å². The second-order valence-corrected chi connectivity index (χ2v) is 3.74. The molecule has 1 unspecified atom stereocenters. The van der Waals surface area contributed by atoms with Crippen LogP contribution in [0.1, 0.15) is 12.7 Å². The molecule has 0 aliphatic carbocycles. The summed E-state index contributed by atoms with van der Waals surface area (Å²) in [6.07, 6.45) is -0.812. The molecule has 4 N–H and O–H groups in total. The van der Waals surface area contributed by atoms with Crippen molar-refractivity contribution in [3.05, 3.63) is 11.9 Å². The first-order valence-corrected chi connectivity index (χ1v) is 5.83. The van der Waals surface area contributed by atoms with Crippen LogP contribution < -0.4 is 10.6 Å². The normalized spacial score (nSPS) is 12.2.